The Morgan fingerprint density at radius 3 is 2.45 bits per heavy atom. The Morgan fingerprint density at radius 2 is 2.05 bits per heavy atom. The Balaban J connectivity index is 3.11. The number of nitro groups is 1. The van der Waals surface area contributed by atoms with Gasteiger partial charge in [-0.3, -0.25) is 10.1 Å². The topological polar surface area (TPSA) is 76.2 Å². The van der Waals surface area contributed by atoms with Crippen LogP contribution < -0.4 is 5.32 Å². The summed E-state index contributed by atoms with van der Waals surface area (Å²) in [4.78, 5) is 13.0. The van der Waals surface area contributed by atoms with E-state index in [2.05, 4.69) is 29.2 Å². The van der Waals surface area contributed by atoms with Gasteiger partial charge in [-0.05, 0) is 26.4 Å². The number of anilines is 1. The van der Waals surface area contributed by atoms with Gasteiger partial charge in [0, 0.05) is 19.6 Å². The molecule has 1 heterocycles. The first-order valence-corrected chi connectivity index (χ1v) is 6.89. The van der Waals surface area contributed by atoms with Crippen molar-refractivity contribution in [1.82, 2.24) is 14.7 Å². The van der Waals surface area contributed by atoms with Crippen LogP contribution in [0.2, 0.25) is 0 Å². The average molecular weight is 283 g/mol. The zero-order valence-electron chi connectivity index (χ0n) is 13.2. The van der Waals surface area contributed by atoms with Crippen LogP contribution in [0.1, 0.15) is 26.5 Å². The molecule has 7 heteroatoms. The first-order chi connectivity index (χ1) is 9.27. The van der Waals surface area contributed by atoms with Crippen LogP contribution in [0.4, 0.5) is 11.5 Å². The number of aromatic nitrogens is 2. The Kier molecular flexibility index (Phi) is 5.50. The van der Waals surface area contributed by atoms with Crippen molar-refractivity contribution in [3.8, 4) is 0 Å². The van der Waals surface area contributed by atoms with E-state index in [0.717, 1.165) is 6.54 Å². The molecule has 1 unspecified atom stereocenters. The molecule has 0 spiro atoms. The lowest BCUT2D eigenvalue weighted by atomic mass is 10.0. The second kappa shape index (κ2) is 6.69. The molecule has 0 aromatic carbocycles. The van der Waals surface area contributed by atoms with E-state index in [1.165, 1.54) is 0 Å². The molecule has 114 valence electrons. The smallest absolute Gasteiger partial charge is 0.333 e. The molecule has 0 fully saturated rings. The predicted molar refractivity (Wildman–Crippen MR) is 80.0 cm³/mol. The van der Waals surface area contributed by atoms with E-state index in [1.54, 1.807) is 11.7 Å². The van der Waals surface area contributed by atoms with E-state index in [4.69, 9.17) is 0 Å². The van der Waals surface area contributed by atoms with Crippen LogP contribution in [0.5, 0.6) is 0 Å². The average Bonchev–Trinajstić information content (AvgIpc) is 2.64. The number of nitrogens with one attached hydrogen (secondary N) is 1. The third-order valence-corrected chi connectivity index (χ3v) is 3.30. The third kappa shape index (κ3) is 3.69. The Morgan fingerprint density at radius 1 is 1.45 bits per heavy atom. The number of aryl methyl sites for hydroxylation is 2. The van der Waals surface area contributed by atoms with Gasteiger partial charge in [-0.15, -0.1) is 0 Å². The van der Waals surface area contributed by atoms with Crippen molar-refractivity contribution in [2.45, 2.75) is 33.2 Å². The molecule has 0 saturated carbocycles. The lowest BCUT2D eigenvalue weighted by Gasteiger charge is -2.26. The predicted octanol–water partition coefficient (Wildman–Crippen LogP) is 1.89. The molecule has 1 N–H and O–H groups in total. The molecule has 0 aliphatic carbocycles. The van der Waals surface area contributed by atoms with Gasteiger partial charge in [0.2, 0.25) is 5.82 Å². The molecule has 0 radical (unpaired) electrons. The largest absolute Gasteiger partial charge is 0.360 e. The van der Waals surface area contributed by atoms with E-state index < -0.39 is 0 Å². The first-order valence-electron chi connectivity index (χ1n) is 6.89. The van der Waals surface area contributed by atoms with Gasteiger partial charge < -0.3 is 10.2 Å². The third-order valence-electron chi connectivity index (χ3n) is 3.30. The summed E-state index contributed by atoms with van der Waals surface area (Å²) in [7, 11) is 5.72. The summed E-state index contributed by atoms with van der Waals surface area (Å²) in [5.74, 6) is 0.851. The molecule has 0 aliphatic rings. The van der Waals surface area contributed by atoms with Crippen LogP contribution in [-0.4, -0.2) is 46.3 Å². The van der Waals surface area contributed by atoms with Crippen molar-refractivity contribution in [3.05, 3.63) is 15.8 Å². The zero-order chi connectivity index (χ0) is 15.4. The number of hydrogen-bond acceptors (Lipinski definition) is 5. The van der Waals surface area contributed by atoms with E-state index in [-0.39, 0.29) is 16.7 Å². The van der Waals surface area contributed by atoms with E-state index >= 15 is 0 Å². The maximum Gasteiger partial charge on any atom is 0.333 e. The van der Waals surface area contributed by atoms with Crippen LogP contribution in [-0.2, 0) is 13.5 Å². The van der Waals surface area contributed by atoms with Gasteiger partial charge in [0.1, 0.15) is 5.69 Å². The van der Waals surface area contributed by atoms with Gasteiger partial charge in [-0.25, -0.2) is 4.68 Å². The molecule has 0 aliphatic heterocycles. The number of hydrogen-bond donors (Lipinski definition) is 1. The fourth-order valence-electron chi connectivity index (χ4n) is 2.15. The highest BCUT2D eigenvalue weighted by Crippen LogP contribution is 2.29. The molecule has 0 saturated heterocycles. The lowest BCUT2D eigenvalue weighted by molar-refractivity contribution is -0.384. The number of rotatable bonds is 7. The highest BCUT2D eigenvalue weighted by Gasteiger charge is 2.28. The molecule has 7 nitrogen and oxygen atoms in total. The summed E-state index contributed by atoms with van der Waals surface area (Å²) in [6.45, 7) is 6.88. The zero-order valence-corrected chi connectivity index (χ0v) is 13.2. The second-order valence-electron chi connectivity index (χ2n) is 5.64. The highest BCUT2D eigenvalue weighted by atomic mass is 16.6. The molecular weight excluding hydrogens is 258 g/mol. The molecular formula is C13H25N5O2. The maximum absolute atomic E-state index is 11.3. The second-order valence-corrected chi connectivity index (χ2v) is 5.64. The van der Waals surface area contributed by atoms with Crippen molar-refractivity contribution >= 4 is 11.5 Å². The van der Waals surface area contributed by atoms with Crippen molar-refractivity contribution in [3.63, 3.8) is 0 Å². The molecule has 1 atom stereocenters. The van der Waals surface area contributed by atoms with Crippen LogP contribution in [0.15, 0.2) is 0 Å². The summed E-state index contributed by atoms with van der Waals surface area (Å²) < 4.78 is 1.57. The molecule has 0 bridgehead atoms. The van der Waals surface area contributed by atoms with Gasteiger partial charge in [-0.2, -0.15) is 5.10 Å². The molecule has 20 heavy (non-hydrogen) atoms. The summed E-state index contributed by atoms with van der Waals surface area (Å²) >= 11 is 0. The quantitative estimate of drug-likeness (QED) is 0.611. The van der Waals surface area contributed by atoms with Gasteiger partial charge in [-0.1, -0.05) is 20.8 Å². The first kappa shape index (κ1) is 16.4. The van der Waals surface area contributed by atoms with Crippen molar-refractivity contribution in [2.24, 2.45) is 13.0 Å². The minimum absolute atomic E-state index is 0.0967. The minimum atomic E-state index is -0.346. The monoisotopic (exact) mass is 283 g/mol. The molecule has 1 rings (SSSR count). The van der Waals surface area contributed by atoms with Crippen LogP contribution >= 0.6 is 0 Å². The standard InChI is InChI=1S/C13H25N5O2/c1-7-10-12(18(19)20)13(17(6)15-10)14-11(9(2)3)8-16(4)5/h9,11,14H,7-8H2,1-6H3. The summed E-state index contributed by atoms with van der Waals surface area (Å²) in [5, 5.41) is 18.8. The van der Waals surface area contributed by atoms with E-state index in [9.17, 15) is 10.1 Å². The van der Waals surface area contributed by atoms with Crippen LogP contribution in [0, 0.1) is 16.0 Å². The molecule has 1 aromatic heterocycles. The van der Waals surface area contributed by atoms with Gasteiger partial charge in [0.05, 0.1) is 4.92 Å². The number of likely N-dealkylation sites (N-methyl/N-ethyl adjacent to an activating group) is 1. The Labute approximate surface area is 120 Å². The normalized spacial score (nSPS) is 13.0. The van der Waals surface area contributed by atoms with E-state index in [0.29, 0.717) is 23.9 Å². The van der Waals surface area contributed by atoms with Gasteiger partial charge >= 0.3 is 5.69 Å². The minimum Gasteiger partial charge on any atom is -0.360 e. The molecule has 0 amide bonds. The maximum atomic E-state index is 11.3. The van der Waals surface area contributed by atoms with Crippen molar-refractivity contribution in [2.75, 3.05) is 26.0 Å². The highest BCUT2D eigenvalue weighted by molar-refractivity contribution is 5.60. The van der Waals surface area contributed by atoms with Gasteiger partial charge in [0.15, 0.2) is 0 Å². The van der Waals surface area contributed by atoms with Gasteiger partial charge in [0.25, 0.3) is 0 Å². The van der Waals surface area contributed by atoms with Crippen LogP contribution in [0.3, 0.4) is 0 Å². The Hall–Kier alpha value is -1.63. The fourth-order valence-corrected chi connectivity index (χ4v) is 2.15. The van der Waals surface area contributed by atoms with E-state index in [1.807, 2.05) is 21.0 Å². The number of nitrogens with zero attached hydrogens (tertiary/aromatic N) is 4. The van der Waals surface area contributed by atoms with Crippen LogP contribution in [0.25, 0.3) is 0 Å². The SMILES string of the molecule is CCc1nn(C)c(NC(CN(C)C)C(C)C)c1[N+](=O)[O-]. The fraction of sp³-hybridized carbons (Fsp3) is 0.769. The molecule has 1 aromatic rings. The van der Waals surface area contributed by atoms with Crippen molar-refractivity contribution < 1.29 is 4.92 Å². The summed E-state index contributed by atoms with van der Waals surface area (Å²) in [6.07, 6.45) is 0.547. The van der Waals surface area contributed by atoms with Crippen molar-refractivity contribution in [1.29, 1.82) is 0 Å². The summed E-state index contributed by atoms with van der Waals surface area (Å²) in [6, 6.07) is 0.129. The lowest BCUT2D eigenvalue weighted by Crippen LogP contribution is -2.37. The Bertz CT molecular complexity index is 468. The summed E-state index contributed by atoms with van der Waals surface area (Å²) in [5.41, 5.74) is 0.617.